The normalized spacial score (nSPS) is 15.9. The third-order valence-electron chi connectivity index (χ3n) is 5.42. The van der Waals surface area contributed by atoms with Crippen molar-refractivity contribution in [1.82, 2.24) is 4.90 Å². The van der Waals surface area contributed by atoms with Crippen molar-refractivity contribution in [2.75, 3.05) is 43.2 Å². The predicted molar refractivity (Wildman–Crippen MR) is 110 cm³/mol. The Morgan fingerprint density at radius 3 is 2.34 bits per heavy atom. The van der Waals surface area contributed by atoms with Gasteiger partial charge in [0.15, 0.2) is 11.5 Å². The maximum atomic E-state index is 13.1. The van der Waals surface area contributed by atoms with Crippen LogP contribution in [-0.4, -0.2) is 49.7 Å². The van der Waals surface area contributed by atoms with Crippen molar-refractivity contribution < 1.29 is 19.1 Å². The Kier molecular flexibility index (Phi) is 5.05. The third kappa shape index (κ3) is 3.85. The molecule has 1 N–H and O–H groups in total. The van der Waals surface area contributed by atoms with Crippen LogP contribution >= 0.6 is 0 Å². The number of ether oxygens (including phenoxy) is 2. The molecule has 2 aromatic carbocycles. The van der Waals surface area contributed by atoms with Gasteiger partial charge in [0.2, 0.25) is 18.6 Å². The molecule has 0 radical (unpaired) electrons. The molecule has 2 heterocycles. The van der Waals surface area contributed by atoms with Crippen LogP contribution in [0, 0.1) is 5.41 Å². The van der Waals surface area contributed by atoms with Gasteiger partial charge in [0, 0.05) is 43.6 Å². The van der Waals surface area contributed by atoms with Crippen molar-refractivity contribution >= 4 is 23.2 Å². The lowest BCUT2D eigenvalue weighted by molar-refractivity contribution is -0.146. The van der Waals surface area contributed by atoms with Gasteiger partial charge in [0.1, 0.15) is 5.41 Å². The van der Waals surface area contributed by atoms with E-state index in [2.05, 4.69) is 22.3 Å². The number of hydrogen-bond acceptors (Lipinski definition) is 5. The minimum absolute atomic E-state index is 0.163. The molecule has 2 amide bonds. The SMILES string of the molecule is CC(C)(C(=O)Nc1ccc2c(c1)OCO2)C(=O)N1CCN(c2ccccc2)CC1. The van der Waals surface area contributed by atoms with Crippen molar-refractivity contribution in [3.8, 4) is 11.5 Å². The maximum absolute atomic E-state index is 13.1. The summed E-state index contributed by atoms with van der Waals surface area (Å²) in [7, 11) is 0. The summed E-state index contributed by atoms with van der Waals surface area (Å²) in [5.41, 5.74) is 0.555. The van der Waals surface area contributed by atoms with Crippen LogP contribution in [0.5, 0.6) is 11.5 Å². The number of amides is 2. The topological polar surface area (TPSA) is 71.1 Å². The Balaban J connectivity index is 1.38. The highest BCUT2D eigenvalue weighted by atomic mass is 16.7. The molecule has 7 nitrogen and oxygen atoms in total. The lowest BCUT2D eigenvalue weighted by Crippen LogP contribution is -2.54. The first kappa shape index (κ1) is 19.1. The van der Waals surface area contributed by atoms with Crippen LogP contribution in [0.15, 0.2) is 48.5 Å². The van der Waals surface area contributed by atoms with Gasteiger partial charge >= 0.3 is 0 Å². The fraction of sp³-hybridized carbons (Fsp3) is 0.364. The van der Waals surface area contributed by atoms with E-state index in [4.69, 9.17) is 9.47 Å². The van der Waals surface area contributed by atoms with Gasteiger partial charge in [0.05, 0.1) is 0 Å². The van der Waals surface area contributed by atoms with Crippen LogP contribution in [0.2, 0.25) is 0 Å². The van der Waals surface area contributed by atoms with Crippen LogP contribution in [0.3, 0.4) is 0 Å². The number of nitrogens with one attached hydrogen (secondary N) is 1. The highest BCUT2D eigenvalue weighted by Gasteiger charge is 2.40. The van der Waals surface area contributed by atoms with Crippen molar-refractivity contribution in [1.29, 1.82) is 0 Å². The minimum atomic E-state index is -1.18. The molecule has 0 bridgehead atoms. The molecule has 0 spiro atoms. The average Bonchev–Trinajstić information content (AvgIpc) is 3.22. The van der Waals surface area contributed by atoms with E-state index in [0.29, 0.717) is 30.3 Å². The van der Waals surface area contributed by atoms with Gasteiger partial charge in [-0.1, -0.05) is 18.2 Å². The van der Waals surface area contributed by atoms with Crippen molar-refractivity contribution in [2.45, 2.75) is 13.8 Å². The van der Waals surface area contributed by atoms with E-state index >= 15 is 0 Å². The molecule has 7 heteroatoms. The number of piperazine rings is 1. The number of anilines is 2. The van der Waals surface area contributed by atoms with E-state index in [0.717, 1.165) is 18.8 Å². The predicted octanol–water partition coefficient (Wildman–Crippen LogP) is 2.73. The van der Waals surface area contributed by atoms with E-state index in [1.807, 2.05) is 18.2 Å². The summed E-state index contributed by atoms with van der Waals surface area (Å²) >= 11 is 0. The van der Waals surface area contributed by atoms with Crippen LogP contribution in [-0.2, 0) is 9.59 Å². The monoisotopic (exact) mass is 395 g/mol. The van der Waals surface area contributed by atoms with Crippen LogP contribution in [0.25, 0.3) is 0 Å². The minimum Gasteiger partial charge on any atom is -0.454 e. The Hall–Kier alpha value is -3.22. The van der Waals surface area contributed by atoms with Gasteiger partial charge in [-0.25, -0.2) is 0 Å². The summed E-state index contributed by atoms with van der Waals surface area (Å²) < 4.78 is 10.6. The summed E-state index contributed by atoms with van der Waals surface area (Å²) in [4.78, 5) is 30.0. The summed E-state index contributed by atoms with van der Waals surface area (Å²) in [6.45, 7) is 6.18. The number of carbonyl (C=O) groups is 2. The summed E-state index contributed by atoms with van der Waals surface area (Å²) in [5.74, 6) is 0.730. The molecule has 0 saturated carbocycles. The van der Waals surface area contributed by atoms with E-state index in [-0.39, 0.29) is 18.6 Å². The highest BCUT2D eigenvalue weighted by Crippen LogP contribution is 2.35. The second-order valence-corrected chi connectivity index (χ2v) is 7.76. The zero-order valence-corrected chi connectivity index (χ0v) is 16.7. The first-order valence-electron chi connectivity index (χ1n) is 9.75. The van der Waals surface area contributed by atoms with Gasteiger partial charge in [-0.2, -0.15) is 0 Å². The van der Waals surface area contributed by atoms with Gasteiger partial charge in [-0.15, -0.1) is 0 Å². The molecule has 1 fully saturated rings. The van der Waals surface area contributed by atoms with Crippen molar-refractivity contribution in [2.24, 2.45) is 5.41 Å². The summed E-state index contributed by atoms with van der Waals surface area (Å²) in [5, 5.41) is 2.83. The van der Waals surface area contributed by atoms with E-state index in [1.54, 1.807) is 36.9 Å². The molecular formula is C22H25N3O4. The number of benzene rings is 2. The number of para-hydroxylation sites is 1. The van der Waals surface area contributed by atoms with Crippen LogP contribution in [0.4, 0.5) is 11.4 Å². The Morgan fingerprint density at radius 2 is 1.62 bits per heavy atom. The molecule has 152 valence electrons. The fourth-order valence-corrected chi connectivity index (χ4v) is 3.56. The third-order valence-corrected chi connectivity index (χ3v) is 5.42. The Morgan fingerprint density at radius 1 is 0.931 bits per heavy atom. The van der Waals surface area contributed by atoms with Crippen molar-refractivity contribution in [3.05, 3.63) is 48.5 Å². The zero-order valence-electron chi connectivity index (χ0n) is 16.7. The Bertz CT molecular complexity index is 906. The van der Waals surface area contributed by atoms with E-state index in [1.165, 1.54) is 0 Å². The molecular weight excluding hydrogens is 370 g/mol. The van der Waals surface area contributed by atoms with E-state index in [9.17, 15) is 9.59 Å². The second kappa shape index (κ2) is 7.66. The first-order valence-corrected chi connectivity index (χ1v) is 9.75. The van der Waals surface area contributed by atoms with Gasteiger partial charge in [-0.3, -0.25) is 9.59 Å². The molecule has 4 rings (SSSR count). The number of nitrogens with zero attached hydrogens (tertiary/aromatic N) is 2. The van der Waals surface area contributed by atoms with Crippen molar-refractivity contribution in [3.63, 3.8) is 0 Å². The first-order chi connectivity index (χ1) is 13.9. The number of hydrogen-bond donors (Lipinski definition) is 1. The average molecular weight is 395 g/mol. The number of rotatable bonds is 4. The molecule has 29 heavy (non-hydrogen) atoms. The van der Waals surface area contributed by atoms with Gasteiger partial charge in [-0.05, 0) is 38.1 Å². The quantitative estimate of drug-likeness (QED) is 0.806. The number of fused-ring (bicyclic) bond motifs is 1. The summed E-state index contributed by atoms with van der Waals surface area (Å²) in [6.07, 6.45) is 0. The number of carbonyl (C=O) groups excluding carboxylic acids is 2. The lowest BCUT2D eigenvalue weighted by atomic mass is 9.89. The zero-order chi connectivity index (χ0) is 20.4. The maximum Gasteiger partial charge on any atom is 0.239 e. The van der Waals surface area contributed by atoms with Crippen LogP contribution < -0.4 is 19.7 Å². The standard InChI is InChI=1S/C22H25N3O4/c1-22(2,20(26)23-16-8-9-18-19(14-16)29-15-28-18)21(27)25-12-10-24(11-13-25)17-6-4-3-5-7-17/h3-9,14H,10-13,15H2,1-2H3,(H,23,26). The molecule has 0 atom stereocenters. The largest absolute Gasteiger partial charge is 0.454 e. The van der Waals surface area contributed by atoms with Gasteiger partial charge < -0.3 is 24.6 Å². The fourth-order valence-electron chi connectivity index (χ4n) is 3.56. The lowest BCUT2D eigenvalue weighted by Gasteiger charge is -2.39. The van der Waals surface area contributed by atoms with E-state index < -0.39 is 5.41 Å². The molecule has 2 aromatic rings. The summed E-state index contributed by atoms with van der Waals surface area (Å²) in [6, 6.07) is 15.3. The van der Waals surface area contributed by atoms with Gasteiger partial charge in [0.25, 0.3) is 0 Å². The molecule has 1 saturated heterocycles. The molecule has 0 aliphatic carbocycles. The molecule has 0 unspecified atom stereocenters. The smallest absolute Gasteiger partial charge is 0.239 e. The molecule has 2 aliphatic rings. The highest BCUT2D eigenvalue weighted by molar-refractivity contribution is 6.10. The van der Waals surface area contributed by atoms with Crippen LogP contribution in [0.1, 0.15) is 13.8 Å². The Labute approximate surface area is 170 Å². The molecule has 2 aliphatic heterocycles. The molecule has 0 aromatic heterocycles. The second-order valence-electron chi connectivity index (χ2n) is 7.76.